The topological polar surface area (TPSA) is 71.9 Å². The molecule has 6 heteroatoms. The smallest absolute Gasteiger partial charge is 0.303 e. The fourth-order valence-corrected chi connectivity index (χ4v) is 3.14. The van der Waals surface area contributed by atoms with Crippen LogP contribution in [0.3, 0.4) is 0 Å². The van der Waals surface area contributed by atoms with Gasteiger partial charge >= 0.3 is 5.97 Å². The Morgan fingerprint density at radius 1 is 1.00 bits per heavy atom. The first kappa shape index (κ1) is 20.2. The molecule has 1 heterocycles. The summed E-state index contributed by atoms with van der Waals surface area (Å²) < 4.78 is 11.1. The lowest BCUT2D eigenvalue weighted by Crippen LogP contribution is -2.13. The molecule has 0 spiro atoms. The second-order valence-corrected chi connectivity index (χ2v) is 6.55. The third-order valence-electron chi connectivity index (χ3n) is 4.70. The number of aryl methyl sites for hydroxylation is 1. The average molecular weight is 392 g/mol. The molecule has 0 unspecified atom stereocenters. The van der Waals surface area contributed by atoms with Crippen LogP contribution in [0.1, 0.15) is 12.0 Å². The van der Waals surface area contributed by atoms with E-state index in [9.17, 15) is 4.79 Å². The van der Waals surface area contributed by atoms with E-state index in [2.05, 4.69) is 4.98 Å². The highest BCUT2D eigenvalue weighted by molar-refractivity contribution is 5.74. The molecular formula is C23H24N2O4. The van der Waals surface area contributed by atoms with Gasteiger partial charge in [-0.25, -0.2) is 4.98 Å². The van der Waals surface area contributed by atoms with Crippen LogP contribution in [0.25, 0.3) is 11.3 Å². The zero-order chi connectivity index (χ0) is 20.8. The summed E-state index contributed by atoms with van der Waals surface area (Å²) in [5, 5.41) is 8.89. The van der Waals surface area contributed by atoms with Crippen molar-refractivity contribution in [2.45, 2.75) is 12.8 Å². The Bertz CT molecular complexity index is 989. The Morgan fingerprint density at radius 2 is 1.72 bits per heavy atom. The predicted molar refractivity (Wildman–Crippen MR) is 113 cm³/mol. The minimum absolute atomic E-state index is 0.0804. The van der Waals surface area contributed by atoms with Crippen molar-refractivity contribution in [3.05, 3.63) is 66.2 Å². The number of aliphatic carboxylic acids is 1. The van der Waals surface area contributed by atoms with Crippen molar-refractivity contribution in [2.75, 3.05) is 26.2 Å². The second kappa shape index (κ2) is 9.10. The van der Waals surface area contributed by atoms with Crippen molar-refractivity contribution in [3.63, 3.8) is 0 Å². The van der Waals surface area contributed by atoms with Gasteiger partial charge in [-0.1, -0.05) is 36.4 Å². The molecule has 0 radical (unpaired) electrons. The molecule has 1 N–H and O–H groups in total. The second-order valence-electron chi connectivity index (χ2n) is 6.55. The molecule has 0 aliphatic carbocycles. The van der Waals surface area contributed by atoms with Gasteiger partial charge in [0.2, 0.25) is 5.88 Å². The molecule has 3 aromatic rings. The molecule has 0 saturated heterocycles. The molecular weight excluding hydrogens is 368 g/mol. The predicted octanol–water partition coefficient (Wildman–Crippen LogP) is 4.55. The number of carboxylic acid groups (broad SMARTS) is 1. The molecule has 6 nitrogen and oxygen atoms in total. The summed E-state index contributed by atoms with van der Waals surface area (Å²) >= 11 is 0. The summed E-state index contributed by atoms with van der Waals surface area (Å²) in [6.45, 7) is 0. The first-order valence-electron chi connectivity index (χ1n) is 9.26. The number of carboxylic acids is 1. The molecule has 0 aliphatic heterocycles. The maximum Gasteiger partial charge on any atom is 0.303 e. The van der Waals surface area contributed by atoms with Crippen LogP contribution in [0.5, 0.6) is 11.6 Å². The van der Waals surface area contributed by atoms with Crippen molar-refractivity contribution in [1.82, 2.24) is 4.98 Å². The van der Waals surface area contributed by atoms with Crippen molar-refractivity contribution in [3.8, 4) is 22.9 Å². The van der Waals surface area contributed by atoms with E-state index in [0.29, 0.717) is 18.1 Å². The number of rotatable bonds is 8. The normalized spacial score (nSPS) is 10.4. The third-order valence-corrected chi connectivity index (χ3v) is 4.70. The van der Waals surface area contributed by atoms with E-state index in [1.165, 1.54) is 0 Å². The van der Waals surface area contributed by atoms with Gasteiger partial charge < -0.3 is 19.5 Å². The Hall–Kier alpha value is -3.54. The largest absolute Gasteiger partial charge is 0.495 e. The third kappa shape index (κ3) is 4.66. The highest BCUT2D eigenvalue weighted by Crippen LogP contribution is 2.38. The molecule has 29 heavy (non-hydrogen) atoms. The highest BCUT2D eigenvalue weighted by Gasteiger charge is 2.17. The van der Waals surface area contributed by atoms with Gasteiger partial charge in [0.15, 0.2) is 0 Å². The Labute approximate surface area is 170 Å². The van der Waals surface area contributed by atoms with Crippen LogP contribution in [-0.4, -0.2) is 37.3 Å². The van der Waals surface area contributed by atoms with Gasteiger partial charge in [0.05, 0.1) is 25.6 Å². The van der Waals surface area contributed by atoms with E-state index in [1.807, 2.05) is 72.6 Å². The summed E-state index contributed by atoms with van der Waals surface area (Å²) in [5.41, 5.74) is 4.38. The molecule has 3 rings (SSSR count). The van der Waals surface area contributed by atoms with Crippen LogP contribution in [-0.2, 0) is 11.2 Å². The van der Waals surface area contributed by atoms with Gasteiger partial charge in [0.1, 0.15) is 11.4 Å². The molecule has 0 bridgehead atoms. The number of nitrogens with zero attached hydrogens (tertiary/aromatic N) is 2. The van der Waals surface area contributed by atoms with E-state index in [4.69, 9.17) is 14.6 Å². The van der Waals surface area contributed by atoms with Gasteiger partial charge in [0, 0.05) is 19.0 Å². The monoisotopic (exact) mass is 392 g/mol. The van der Waals surface area contributed by atoms with E-state index >= 15 is 0 Å². The first-order chi connectivity index (χ1) is 14.0. The molecule has 1 aromatic heterocycles. The summed E-state index contributed by atoms with van der Waals surface area (Å²) in [6, 6.07) is 19.5. The zero-order valence-corrected chi connectivity index (χ0v) is 16.8. The number of ether oxygens (including phenoxy) is 2. The van der Waals surface area contributed by atoms with Crippen LogP contribution in [0.15, 0.2) is 60.7 Å². The Morgan fingerprint density at radius 3 is 2.38 bits per heavy atom. The molecule has 0 aliphatic rings. The molecule has 0 amide bonds. The maximum atomic E-state index is 10.8. The van der Waals surface area contributed by atoms with Crippen molar-refractivity contribution >= 4 is 17.3 Å². The van der Waals surface area contributed by atoms with E-state index < -0.39 is 5.97 Å². The standard InChI is InChI=1S/C23H24N2O4/c1-25(19-12-9-16(10-14-22(26)27)15-21(19)28-2)20-13-11-18(24-23(20)29-3)17-7-5-4-6-8-17/h4-9,11-13,15H,10,14H2,1-3H3,(H,26,27). The number of anilines is 2. The van der Waals surface area contributed by atoms with Gasteiger partial charge in [-0.05, 0) is 36.2 Å². The van der Waals surface area contributed by atoms with Gasteiger partial charge in [-0.3, -0.25) is 4.79 Å². The lowest BCUT2D eigenvalue weighted by atomic mass is 10.1. The van der Waals surface area contributed by atoms with Crippen LogP contribution in [0.4, 0.5) is 11.4 Å². The number of aromatic nitrogens is 1. The number of hydrogen-bond donors (Lipinski definition) is 1. The lowest BCUT2D eigenvalue weighted by Gasteiger charge is -2.24. The summed E-state index contributed by atoms with van der Waals surface area (Å²) in [4.78, 5) is 17.4. The van der Waals surface area contributed by atoms with Crippen molar-refractivity contribution in [1.29, 1.82) is 0 Å². The summed E-state index contributed by atoms with van der Waals surface area (Å²) in [6.07, 6.45) is 0.531. The van der Waals surface area contributed by atoms with Crippen molar-refractivity contribution in [2.24, 2.45) is 0 Å². The lowest BCUT2D eigenvalue weighted by molar-refractivity contribution is -0.136. The number of hydrogen-bond acceptors (Lipinski definition) is 5. The SMILES string of the molecule is COc1cc(CCC(=O)O)ccc1N(C)c1ccc(-c2ccccc2)nc1OC. The van der Waals surface area contributed by atoms with Crippen LogP contribution in [0.2, 0.25) is 0 Å². The van der Waals surface area contributed by atoms with E-state index in [-0.39, 0.29) is 6.42 Å². The van der Waals surface area contributed by atoms with Gasteiger partial charge in [-0.2, -0.15) is 0 Å². The van der Waals surface area contributed by atoms with Crippen LogP contribution < -0.4 is 14.4 Å². The quantitative estimate of drug-likeness (QED) is 0.606. The molecule has 0 saturated carbocycles. The summed E-state index contributed by atoms with van der Waals surface area (Å²) in [5.74, 6) is 0.343. The van der Waals surface area contributed by atoms with E-state index in [0.717, 1.165) is 28.2 Å². The fourth-order valence-electron chi connectivity index (χ4n) is 3.14. The highest BCUT2D eigenvalue weighted by atomic mass is 16.5. The average Bonchev–Trinajstić information content (AvgIpc) is 2.77. The Balaban J connectivity index is 1.93. The van der Waals surface area contributed by atoms with Crippen LogP contribution in [0, 0.1) is 0 Å². The van der Waals surface area contributed by atoms with Gasteiger partial charge in [-0.15, -0.1) is 0 Å². The van der Waals surface area contributed by atoms with E-state index in [1.54, 1.807) is 14.2 Å². The number of carbonyl (C=O) groups is 1. The number of pyridine rings is 1. The zero-order valence-electron chi connectivity index (χ0n) is 16.8. The van der Waals surface area contributed by atoms with Gasteiger partial charge in [0.25, 0.3) is 0 Å². The fraction of sp³-hybridized carbons (Fsp3) is 0.217. The molecule has 150 valence electrons. The van der Waals surface area contributed by atoms with Crippen molar-refractivity contribution < 1.29 is 19.4 Å². The molecule has 2 aromatic carbocycles. The minimum Gasteiger partial charge on any atom is -0.495 e. The minimum atomic E-state index is -0.820. The molecule has 0 fully saturated rings. The first-order valence-corrected chi connectivity index (χ1v) is 9.26. The Kier molecular flexibility index (Phi) is 6.34. The van der Waals surface area contributed by atoms with Crippen LogP contribution >= 0.6 is 0 Å². The number of benzene rings is 2. The number of methoxy groups -OCH3 is 2. The molecule has 0 atom stereocenters. The summed E-state index contributed by atoms with van der Waals surface area (Å²) in [7, 11) is 5.11. The maximum absolute atomic E-state index is 10.8.